The number of nitrogens with one attached hydrogen (secondary N) is 1. The van der Waals surface area contributed by atoms with Crippen LogP contribution in [0.1, 0.15) is 39.5 Å². The zero-order valence-electron chi connectivity index (χ0n) is 16.4. The van der Waals surface area contributed by atoms with Crippen LogP contribution in [-0.2, 0) is 20.2 Å². The second-order valence-electron chi connectivity index (χ2n) is 7.33. The minimum Gasteiger partial charge on any atom is -0.368 e. The molecular weight excluding hydrogens is 441 g/mol. The van der Waals surface area contributed by atoms with E-state index in [9.17, 15) is 25.8 Å². The normalized spacial score (nSPS) is 15.6. The SMILES string of the molecule is CCCCC(C)(CC(CS(=O)(=O)O)S(=O)(=O)O)Nc1nc(N)nc2cc(F)cnc12. The van der Waals surface area contributed by atoms with E-state index in [4.69, 9.17) is 10.3 Å². The lowest BCUT2D eigenvalue weighted by Gasteiger charge is -2.34. The molecule has 0 aliphatic heterocycles. The Kier molecular flexibility index (Phi) is 7.16. The smallest absolute Gasteiger partial charge is 0.268 e. The maximum absolute atomic E-state index is 13.5. The molecule has 168 valence electrons. The predicted octanol–water partition coefficient (Wildman–Crippen LogP) is 1.64. The van der Waals surface area contributed by atoms with Crippen LogP contribution in [0.2, 0.25) is 0 Å². The molecule has 0 saturated carbocycles. The number of unbranched alkanes of at least 4 members (excludes halogenated alkanes) is 1. The molecule has 2 unspecified atom stereocenters. The maximum Gasteiger partial charge on any atom is 0.268 e. The summed E-state index contributed by atoms with van der Waals surface area (Å²) in [6.07, 6.45) is 2.29. The van der Waals surface area contributed by atoms with Crippen molar-refractivity contribution >= 4 is 43.0 Å². The molecule has 0 bridgehead atoms. The number of nitrogen functional groups attached to an aromatic ring is 1. The summed E-state index contributed by atoms with van der Waals surface area (Å²) in [4.78, 5) is 11.9. The van der Waals surface area contributed by atoms with Crippen molar-refractivity contribution in [1.82, 2.24) is 15.0 Å². The first-order chi connectivity index (χ1) is 13.7. The summed E-state index contributed by atoms with van der Waals surface area (Å²) in [6.45, 7) is 3.51. The highest BCUT2D eigenvalue weighted by Crippen LogP contribution is 2.30. The first-order valence-corrected chi connectivity index (χ1v) is 12.1. The quantitative estimate of drug-likeness (QED) is 0.374. The number of halogens is 1. The number of hydrogen-bond donors (Lipinski definition) is 4. The van der Waals surface area contributed by atoms with Gasteiger partial charge in [0, 0.05) is 11.6 Å². The molecule has 5 N–H and O–H groups in total. The topological polar surface area (TPSA) is 185 Å². The number of fused-ring (bicyclic) bond motifs is 1. The summed E-state index contributed by atoms with van der Waals surface area (Å²) in [5.41, 5.74) is 4.87. The Morgan fingerprint density at radius 3 is 2.50 bits per heavy atom. The molecule has 2 rings (SSSR count). The Morgan fingerprint density at radius 2 is 1.93 bits per heavy atom. The lowest BCUT2D eigenvalue weighted by atomic mass is 9.89. The Bertz CT molecular complexity index is 1120. The van der Waals surface area contributed by atoms with E-state index >= 15 is 0 Å². The lowest BCUT2D eigenvalue weighted by molar-refractivity contribution is 0.392. The summed E-state index contributed by atoms with van der Waals surface area (Å²) < 4.78 is 78.2. The average Bonchev–Trinajstić information content (AvgIpc) is 2.57. The van der Waals surface area contributed by atoms with Gasteiger partial charge in [-0.3, -0.25) is 9.11 Å². The number of anilines is 2. The van der Waals surface area contributed by atoms with Crippen molar-refractivity contribution in [2.24, 2.45) is 0 Å². The van der Waals surface area contributed by atoms with Gasteiger partial charge in [0.15, 0.2) is 5.82 Å². The molecule has 30 heavy (non-hydrogen) atoms. The van der Waals surface area contributed by atoms with Gasteiger partial charge in [-0.25, -0.2) is 14.4 Å². The van der Waals surface area contributed by atoms with E-state index in [1.54, 1.807) is 6.92 Å². The van der Waals surface area contributed by atoms with Gasteiger partial charge in [0.25, 0.3) is 20.2 Å². The fourth-order valence-corrected chi connectivity index (χ4v) is 5.53. The standard InChI is InChI=1S/C16H24FN5O6S2/c1-3-4-5-16(2,7-11(30(26,27)28)9-29(23,24)25)22-14-13-12(20-15(18)21-14)6-10(17)8-19-13/h6,8,11H,3-5,7,9H2,1-2H3,(H,23,24,25)(H,26,27,28)(H3,18,20,21,22). The van der Waals surface area contributed by atoms with Gasteiger partial charge in [-0.1, -0.05) is 19.8 Å². The fourth-order valence-electron chi connectivity index (χ4n) is 3.16. The average molecular weight is 466 g/mol. The van der Waals surface area contributed by atoms with E-state index in [-0.39, 0.29) is 29.2 Å². The van der Waals surface area contributed by atoms with E-state index in [2.05, 4.69) is 20.3 Å². The van der Waals surface area contributed by atoms with E-state index in [1.165, 1.54) is 0 Å². The van der Waals surface area contributed by atoms with Crippen LogP contribution in [0, 0.1) is 5.82 Å². The molecule has 2 heterocycles. The lowest BCUT2D eigenvalue weighted by Crippen LogP contribution is -2.43. The van der Waals surface area contributed by atoms with Crippen LogP contribution < -0.4 is 11.1 Å². The Hall–Kier alpha value is -2.16. The van der Waals surface area contributed by atoms with Crippen molar-refractivity contribution in [3.05, 3.63) is 18.1 Å². The highest BCUT2D eigenvalue weighted by molar-refractivity contribution is 7.90. The van der Waals surface area contributed by atoms with E-state index in [0.29, 0.717) is 12.8 Å². The number of nitrogens with zero attached hydrogens (tertiary/aromatic N) is 3. The minimum atomic E-state index is -4.81. The van der Waals surface area contributed by atoms with Crippen LogP contribution in [0.3, 0.4) is 0 Å². The Labute approximate surface area is 173 Å². The van der Waals surface area contributed by atoms with E-state index in [0.717, 1.165) is 18.7 Å². The molecule has 0 fully saturated rings. The zero-order valence-corrected chi connectivity index (χ0v) is 18.0. The van der Waals surface area contributed by atoms with Gasteiger partial charge in [0.1, 0.15) is 16.6 Å². The van der Waals surface area contributed by atoms with Crippen molar-refractivity contribution < 1.29 is 30.3 Å². The number of aromatic nitrogens is 3. The minimum absolute atomic E-state index is 0.0945. The van der Waals surface area contributed by atoms with Crippen LogP contribution >= 0.6 is 0 Å². The highest BCUT2D eigenvalue weighted by atomic mass is 32.2. The first-order valence-electron chi connectivity index (χ1n) is 9.01. The largest absolute Gasteiger partial charge is 0.368 e. The van der Waals surface area contributed by atoms with Gasteiger partial charge in [-0.2, -0.15) is 21.8 Å². The van der Waals surface area contributed by atoms with Crippen molar-refractivity contribution in [3.63, 3.8) is 0 Å². The zero-order chi connectivity index (χ0) is 22.7. The van der Waals surface area contributed by atoms with Gasteiger partial charge in [-0.15, -0.1) is 0 Å². The molecule has 11 nitrogen and oxygen atoms in total. The third kappa shape index (κ3) is 6.68. The number of pyridine rings is 1. The van der Waals surface area contributed by atoms with Crippen molar-refractivity contribution in [3.8, 4) is 0 Å². The molecule has 14 heteroatoms. The van der Waals surface area contributed by atoms with Crippen molar-refractivity contribution in [1.29, 1.82) is 0 Å². The predicted molar refractivity (Wildman–Crippen MR) is 110 cm³/mol. The number of rotatable bonds is 10. The van der Waals surface area contributed by atoms with Gasteiger partial charge >= 0.3 is 0 Å². The number of nitrogens with two attached hydrogens (primary N) is 1. The molecule has 0 amide bonds. The third-order valence-electron chi connectivity index (χ3n) is 4.52. The van der Waals surface area contributed by atoms with Gasteiger partial charge in [-0.05, 0) is 19.8 Å². The molecule has 2 aromatic heterocycles. The van der Waals surface area contributed by atoms with Gasteiger partial charge < -0.3 is 11.1 Å². The van der Waals surface area contributed by atoms with Crippen LogP contribution in [0.5, 0.6) is 0 Å². The monoisotopic (exact) mass is 465 g/mol. The summed E-state index contributed by atoms with van der Waals surface area (Å²) >= 11 is 0. The second-order valence-corrected chi connectivity index (χ2v) is 10.5. The Morgan fingerprint density at radius 1 is 1.27 bits per heavy atom. The summed E-state index contributed by atoms with van der Waals surface area (Å²) in [7, 11) is -9.49. The van der Waals surface area contributed by atoms with Crippen molar-refractivity contribution in [2.45, 2.75) is 50.3 Å². The van der Waals surface area contributed by atoms with Crippen molar-refractivity contribution in [2.75, 3.05) is 16.8 Å². The summed E-state index contributed by atoms with van der Waals surface area (Å²) in [6, 6.07) is 1.11. The second kappa shape index (κ2) is 8.91. The van der Waals surface area contributed by atoms with Gasteiger partial charge in [0.05, 0.1) is 17.5 Å². The van der Waals surface area contributed by atoms with Crippen LogP contribution in [0.4, 0.5) is 16.2 Å². The maximum atomic E-state index is 13.5. The third-order valence-corrected chi connectivity index (χ3v) is 6.73. The van der Waals surface area contributed by atoms with Crippen LogP contribution in [0.25, 0.3) is 11.0 Å². The van der Waals surface area contributed by atoms with E-state index in [1.807, 2.05) is 6.92 Å². The molecule has 2 atom stereocenters. The number of hydrogen-bond acceptors (Lipinski definition) is 9. The first kappa shape index (κ1) is 24.1. The van der Waals surface area contributed by atoms with Crippen LogP contribution in [0.15, 0.2) is 12.3 Å². The molecule has 0 aromatic carbocycles. The molecule has 0 saturated heterocycles. The summed E-state index contributed by atoms with van der Waals surface area (Å²) in [5.74, 6) is -1.90. The highest BCUT2D eigenvalue weighted by Gasteiger charge is 2.37. The van der Waals surface area contributed by atoms with Crippen LogP contribution in [-0.4, -0.2) is 57.4 Å². The molecule has 0 aliphatic rings. The van der Waals surface area contributed by atoms with Gasteiger partial charge in [0.2, 0.25) is 5.95 Å². The molecule has 0 spiro atoms. The Balaban J connectivity index is 2.49. The fraction of sp³-hybridized carbons (Fsp3) is 0.562. The summed E-state index contributed by atoms with van der Waals surface area (Å²) in [5, 5.41) is 1.22. The molecule has 0 radical (unpaired) electrons. The molecule has 2 aromatic rings. The van der Waals surface area contributed by atoms with E-state index < -0.39 is 42.6 Å². The molecular formula is C16H24FN5O6S2. The molecule has 0 aliphatic carbocycles.